The predicted octanol–water partition coefficient (Wildman–Crippen LogP) is 3.33. The van der Waals surface area contributed by atoms with E-state index >= 15 is 0 Å². The quantitative estimate of drug-likeness (QED) is 0.912. The third kappa shape index (κ3) is 2.89. The van der Waals surface area contributed by atoms with E-state index in [2.05, 4.69) is 18.9 Å². The van der Waals surface area contributed by atoms with Gasteiger partial charge in [-0.25, -0.2) is 0 Å². The van der Waals surface area contributed by atoms with Crippen LogP contribution >= 0.6 is 0 Å². The number of aromatic nitrogens is 2. The maximum absolute atomic E-state index is 10.1. The largest absolute Gasteiger partial charge is 0.504 e. The zero-order chi connectivity index (χ0) is 15.9. The second-order valence-electron chi connectivity index (χ2n) is 6.91. The molecule has 0 saturated heterocycles. The molecule has 1 fully saturated rings. The molecule has 0 spiro atoms. The molecule has 1 aliphatic rings. The number of nitrogens with two attached hydrogens (primary N) is 1. The van der Waals surface area contributed by atoms with Crippen molar-refractivity contribution in [3.8, 4) is 22.8 Å². The molecule has 0 amide bonds. The highest BCUT2D eigenvalue weighted by atomic mass is 16.5. The number of phenols is 1. The Bertz CT molecular complexity index is 672. The van der Waals surface area contributed by atoms with E-state index in [0.29, 0.717) is 17.0 Å². The number of ether oxygens (including phenoxy) is 1. The van der Waals surface area contributed by atoms with Gasteiger partial charge in [0.2, 0.25) is 0 Å². The summed E-state index contributed by atoms with van der Waals surface area (Å²) in [5, 5.41) is 14.4. The first-order chi connectivity index (χ1) is 10.3. The average Bonchev–Trinajstić information content (AvgIpc) is 2.95. The minimum absolute atomic E-state index is 0.157. The first kappa shape index (κ1) is 14.8. The number of rotatable bonds is 3. The number of benzene rings is 1. The zero-order valence-electron chi connectivity index (χ0n) is 13.3. The smallest absolute Gasteiger partial charge is 0.162 e. The zero-order valence-corrected chi connectivity index (χ0v) is 13.3. The molecule has 1 unspecified atom stereocenters. The van der Waals surface area contributed by atoms with Gasteiger partial charge in [0.05, 0.1) is 11.8 Å². The number of aryl methyl sites for hydroxylation is 1. The third-order valence-corrected chi connectivity index (χ3v) is 4.39. The number of nitrogen functional groups attached to an aromatic ring is 1. The van der Waals surface area contributed by atoms with Gasteiger partial charge in [-0.05, 0) is 42.9 Å². The number of anilines is 1. The summed E-state index contributed by atoms with van der Waals surface area (Å²) < 4.78 is 7.65. The van der Waals surface area contributed by atoms with Crippen LogP contribution in [0.25, 0.3) is 11.3 Å². The molecule has 0 bridgehead atoms. The van der Waals surface area contributed by atoms with E-state index in [-0.39, 0.29) is 11.9 Å². The fourth-order valence-electron chi connectivity index (χ4n) is 3.04. The van der Waals surface area contributed by atoms with Gasteiger partial charge in [0.25, 0.3) is 0 Å². The predicted molar refractivity (Wildman–Crippen MR) is 86.8 cm³/mol. The highest BCUT2D eigenvalue weighted by Crippen LogP contribution is 2.41. The molecular weight excluding hydrogens is 278 g/mol. The summed E-state index contributed by atoms with van der Waals surface area (Å²) in [5.41, 5.74) is 7.80. The van der Waals surface area contributed by atoms with Crippen LogP contribution in [0.1, 0.15) is 33.1 Å². The molecule has 3 N–H and O–H groups in total. The lowest BCUT2D eigenvalue weighted by atomic mass is 9.92. The SMILES string of the molecule is Cn1nc(-c2ccc(O)c(OC3CCC(C)(C)C3)c2)cc1N. The Morgan fingerprint density at radius 3 is 2.73 bits per heavy atom. The van der Waals surface area contributed by atoms with Crippen LogP contribution in [0.4, 0.5) is 5.82 Å². The Labute approximate surface area is 130 Å². The average molecular weight is 301 g/mol. The number of nitrogens with zero attached hydrogens (tertiary/aromatic N) is 2. The van der Waals surface area contributed by atoms with Crippen LogP contribution in [0.15, 0.2) is 24.3 Å². The fraction of sp³-hybridized carbons (Fsp3) is 0.471. The molecule has 5 heteroatoms. The molecule has 1 heterocycles. The molecule has 1 saturated carbocycles. The van der Waals surface area contributed by atoms with Crippen molar-refractivity contribution in [1.82, 2.24) is 9.78 Å². The van der Waals surface area contributed by atoms with Crippen LogP contribution in [-0.2, 0) is 7.05 Å². The molecule has 22 heavy (non-hydrogen) atoms. The van der Waals surface area contributed by atoms with Gasteiger partial charge in [0, 0.05) is 18.7 Å². The van der Waals surface area contributed by atoms with Gasteiger partial charge in [0.15, 0.2) is 11.5 Å². The van der Waals surface area contributed by atoms with E-state index in [4.69, 9.17) is 10.5 Å². The minimum atomic E-state index is 0.157. The summed E-state index contributed by atoms with van der Waals surface area (Å²) >= 11 is 0. The highest BCUT2D eigenvalue weighted by Gasteiger charge is 2.32. The maximum Gasteiger partial charge on any atom is 0.162 e. The number of hydrogen-bond donors (Lipinski definition) is 2. The monoisotopic (exact) mass is 301 g/mol. The topological polar surface area (TPSA) is 73.3 Å². The van der Waals surface area contributed by atoms with Gasteiger partial charge < -0.3 is 15.6 Å². The Morgan fingerprint density at radius 2 is 2.14 bits per heavy atom. The van der Waals surface area contributed by atoms with E-state index < -0.39 is 0 Å². The lowest BCUT2D eigenvalue weighted by Crippen LogP contribution is -2.14. The van der Waals surface area contributed by atoms with Crippen molar-refractivity contribution < 1.29 is 9.84 Å². The van der Waals surface area contributed by atoms with Crippen molar-refractivity contribution in [1.29, 1.82) is 0 Å². The van der Waals surface area contributed by atoms with Crippen LogP contribution in [0.2, 0.25) is 0 Å². The summed E-state index contributed by atoms with van der Waals surface area (Å²) in [7, 11) is 1.80. The van der Waals surface area contributed by atoms with Gasteiger partial charge in [-0.3, -0.25) is 4.68 Å². The molecule has 5 nitrogen and oxygen atoms in total. The molecule has 3 rings (SSSR count). The Balaban J connectivity index is 1.84. The standard InChI is InChI=1S/C17H23N3O2/c1-17(2)7-6-12(10-17)22-15-8-11(4-5-14(15)21)13-9-16(18)20(3)19-13/h4-5,8-9,12,21H,6-7,10,18H2,1-3H3. The van der Waals surface area contributed by atoms with E-state index in [1.165, 1.54) is 0 Å². The van der Waals surface area contributed by atoms with Gasteiger partial charge in [-0.1, -0.05) is 13.8 Å². The second-order valence-corrected chi connectivity index (χ2v) is 6.91. The van der Waals surface area contributed by atoms with Crippen LogP contribution in [0, 0.1) is 5.41 Å². The Kier molecular flexibility index (Phi) is 3.51. The van der Waals surface area contributed by atoms with Crippen molar-refractivity contribution in [2.45, 2.75) is 39.2 Å². The summed E-state index contributed by atoms with van der Waals surface area (Å²) in [5.74, 6) is 1.28. The maximum atomic E-state index is 10.1. The third-order valence-electron chi connectivity index (χ3n) is 4.39. The van der Waals surface area contributed by atoms with Gasteiger partial charge in [-0.2, -0.15) is 5.10 Å². The van der Waals surface area contributed by atoms with Crippen LogP contribution in [-0.4, -0.2) is 21.0 Å². The lowest BCUT2D eigenvalue weighted by molar-refractivity contribution is 0.186. The highest BCUT2D eigenvalue weighted by molar-refractivity contribution is 5.66. The van der Waals surface area contributed by atoms with Crippen LogP contribution in [0.3, 0.4) is 0 Å². The first-order valence-electron chi connectivity index (χ1n) is 7.64. The molecule has 1 aliphatic carbocycles. The number of aromatic hydroxyl groups is 1. The summed E-state index contributed by atoms with van der Waals surface area (Å²) in [4.78, 5) is 0. The molecule has 0 aliphatic heterocycles. The Morgan fingerprint density at radius 1 is 1.36 bits per heavy atom. The molecular formula is C17H23N3O2. The van der Waals surface area contributed by atoms with Gasteiger partial charge in [-0.15, -0.1) is 0 Å². The summed E-state index contributed by atoms with van der Waals surface area (Å²) in [6, 6.07) is 7.12. The normalized spacial score (nSPS) is 20.2. The Hall–Kier alpha value is -2.17. The summed E-state index contributed by atoms with van der Waals surface area (Å²) in [6.07, 6.45) is 3.33. The first-order valence-corrected chi connectivity index (χ1v) is 7.64. The minimum Gasteiger partial charge on any atom is -0.504 e. The second kappa shape index (κ2) is 5.23. The molecule has 0 radical (unpaired) electrons. The van der Waals surface area contributed by atoms with Gasteiger partial charge >= 0.3 is 0 Å². The van der Waals surface area contributed by atoms with Crippen molar-refractivity contribution in [2.75, 3.05) is 5.73 Å². The van der Waals surface area contributed by atoms with E-state index in [1.807, 2.05) is 18.2 Å². The van der Waals surface area contributed by atoms with Crippen molar-refractivity contribution in [3.05, 3.63) is 24.3 Å². The van der Waals surface area contributed by atoms with Gasteiger partial charge in [0.1, 0.15) is 5.82 Å². The number of phenolic OH excluding ortho intramolecular Hbond substituents is 1. The van der Waals surface area contributed by atoms with E-state index in [1.54, 1.807) is 17.8 Å². The molecule has 1 aromatic carbocycles. The summed E-state index contributed by atoms with van der Waals surface area (Å²) in [6.45, 7) is 4.51. The van der Waals surface area contributed by atoms with E-state index in [9.17, 15) is 5.11 Å². The van der Waals surface area contributed by atoms with Crippen LogP contribution in [0.5, 0.6) is 11.5 Å². The molecule has 1 aromatic heterocycles. The fourth-order valence-corrected chi connectivity index (χ4v) is 3.04. The van der Waals surface area contributed by atoms with Crippen LogP contribution < -0.4 is 10.5 Å². The lowest BCUT2D eigenvalue weighted by Gasteiger charge is -2.18. The van der Waals surface area contributed by atoms with E-state index in [0.717, 1.165) is 30.5 Å². The number of hydrogen-bond acceptors (Lipinski definition) is 4. The molecule has 118 valence electrons. The van der Waals surface area contributed by atoms with Crippen molar-refractivity contribution >= 4 is 5.82 Å². The van der Waals surface area contributed by atoms with Crippen molar-refractivity contribution in [2.24, 2.45) is 12.5 Å². The van der Waals surface area contributed by atoms with Crippen molar-refractivity contribution in [3.63, 3.8) is 0 Å². The molecule has 1 atom stereocenters. The molecule has 2 aromatic rings.